The largest absolute Gasteiger partial charge is 0.497 e. The van der Waals surface area contributed by atoms with Crippen LogP contribution in [0, 0.1) is 12.7 Å². The summed E-state index contributed by atoms with van der Waals surface area (Å²) >= 11 is 0. The summed E-state index contributed by atoms with van der Waals surface area (Å²) < 4.78 is 18.5. The number of rotatable bonds is 6. The third-order valence-corrected chi connectivity index (χ3v) is 5.74. The molecular weight excluding hydrogens is 423 g/mol. The van der Waals surface area contributed by atoms with Gasteiger partial charge in [0.15, 0.2) is 0 Å². The molecule has 1 aliphatic rings. The standard InChI is InChI=1S/C25H25FN4O3/c1-16-22(25(32)29-20-6-8-21(33-2)9-7-20)14-27-24(28-16)18-10-11-30(15-18)23(31)13-17-4-3-5-19(26)12-17/h3-9,12,14,18H,10-11,13,15H2,1-2H3,(H,29,32)/t18-/m1/s1. The molecule has 3 aromatic rings. The zero-order valence-electron chi connectivity index (χ0n) is 18.5. The van der Waals surface area contributed by atoms with Crippen molar-refractivity contribution in [3.63, 3.8) is 0 Å². The molecule has 0 spiro atoms. The number of ether oxygens (including phenoxy) is 1. The molecule has 2 aromatic carbocycles. The van der Waals surface area contributed by atoms with Crippen molar-refractivity contribution in [2.75, 3.05) is 25.5 Å². The molecule has 8 heteroatoms. The van der Waals surface area contributed by atoms with Gasteiger partial charge in [0.2, 0.25) is 5.91 Å². The fraction of sp³-hybridized carbons (Fsp3) is 0.280. The molecule has 0 bridgehead atoms. The topological polar surface area (TPSA) is 84.4 Å². The van der Waals surface area contributed by atoms with E-state index in [-0.39, 0.29) is 30.0 Å². The predicted octanol–water partition coefficient (Wildman–Crippen LogP) is 3.74. The second-order valence-corrected chi connectivity index (χ2v) is 8.04. The first-order valence-electron chi connectivity index (χ1n) is 10.7. The summed E-state index contributed by atoms with van der Waals surface area (Å²) in [7, 11) is 1.58. The van der Waals surface area contributed by atoms with Crippen molar-refractivity contribution in [3.05, 3.63) is 83.2 Å². The van der Waals surface area contributed by atoms with Gasteiger partial charge >= 0.3 is 0 Å². The van der Waals surface area contributed by atoms with Gasteiger partial charge in [0.1, 0.15) is 17.4 Å². The van der Waals surface area contributed by atoms with E-state index in [2.05, 4.69) is 15.3 Å². The Balaban J connectivity index is 1.38. The van der Waals surface area contributed by atoms with E-state index in [0.717, 1.165) is 6.42 Å². The third-order valence-electron chi connectivity index (χ3n) is 5.74. The fourth-order valence-electron chi connectivity index (χ4n) is 3.91. The van der Waals surface area contributed by atoms with Crippen molar-refractivity contribution < 1.29 is 18.7 Å². The molecule has 1 saturated heterocycles. The summed E-state index contributed by atoms with van der Waals surface area (Å²) in [6, 6.07) is 13.1. The Morgan fingerprint density at radius 1 is 1.21 bits per heavy atom. The maximum absolute atomic E-state index is 13.4. The molecule has 1 atom stereocenters. The number of likely N-dealkylation sites (tertiary alicyclic amines) is 1. The van der Waals surface area contributed by atoms with E-state index in [1.165, 1.54) is 18.3 Å². The molecule has 33 heavy (non-hydrogen) atoms. The van der Waals surface area contributed by atoms with Crippen LogP contribution in [0.5, 0.6) is 5.75 Å². The Morgan fingerprint density at radius 2 is 2.00 bits per heavy atom. The van der Waals surface area contributed by atoms with Crippen molar-refractivity contribution in [3.8, 4) is 5.75 Å². The fourth-order valence-corrected chi connectivity index (χ4v) is 3.91. The van der Waals surface area contributed by atoms with Crippen LogP contribution in [0.2, 0.25) is 0 Å². The number of amides is 2. The second kappa shape index (κ2) is 9.77. The molecule has 0 radical (unpaired) electrons. The van der Waals surface area contributed by atoms with Crippen LogP contribution in [0.4, 0.5) is 10.1 Å². The van der Waals surface area contributed by atoms with Gasteiger partial charge in [-0.1, -0.05) is 12.1 Å². The van der Waals surface area contributed by atoms with Gasteiger partial charge in [-0.25, -0.2) is 14.4 Å². The van der Waals surface area contributed by atoms with Crippen molar-refractivity contribution in [2.24, 2.45) is 0 Å². The highest BCUT2D eigenvalue weighted by Crippen LogP contribution is 2.26. The quantitative estimate of drug-likeness (QED) is 0.621. The molecule has 0 saturated carbocycles. The van der Waals surface area contributed by atoms with Crippen LogP contribution in [-0.4, -0.2) is 46.9 Å². The first-order chi connectivity index (χ1) is 15.9. The predicted molar refractivity (Wildman–Crippen MR) is 122 cm³/mol. The minimum Gasteiger partial charge on any atom is -0.497 e. The van der Waals surface area contributed by atoms with Crippen molar-refractivity contribution in [2.45, 2.75) is 25.7 Å². The number of halogens is 1. The number of benzene rings is 2. The summed E-state index contributed by atoms with van der Waals surface area (Å²) in [6.07, 6.45) is 2.44. The lowest BCUT2D eigenvalue weighted by Gasteiger charge is -2.16. The molecule has 170 valence electrons. The SMILES string of the molecule is COc1ccc(NC(=O)c2cnc([C@@H]3CCN(C(=O)Cc4cccc(F)c4)C3)nc2C)cc1. The normalized spacial score (nSPS) is 15.4. The minimum atomic E-state index is -0.348. The van der Waals surface area contributed by atoms with E-state index in [4.69, 9.17) is 4.74 Å². The number of methoxy groups -OCH3 is 1. The molecule has 4 rings (SSSR count). The average Bonchev–Trinajstić information content (AvgIpc) is 3.30. The van der Waals surface area contributed by atoms with Gasteiger partial charge in [-0.3, -0.25) is 9.59 Å². The molecule has 1 fully saturated rings. The number of carbonyl (C=O) groups is 2. The van der Waals surface area contributed by atoms with E-state index in [1.807, 2.05) is 0 Å². The van der Waals surface area contributed by atoms with Crippen LogP contribution >= 0.6 is 0 Å². The summed E-state index contributed by atoms with van der Waals surface area (Å²) in [6.45, 7) is 2.88. The van der Waals surface area contributed by atoms with E-state index in [1.54, 1.807) is 55.3 Å². The Morgan fingerprint density at radius 3 is 2.70 bits per heavy atom. The van der Waals surface area contributed by atoms with Gasteiger partial charge in [0, 0.05) is 30.9 Å². The first kappa shape index (κ1) is 22.4. The van der Waals surface area contributed by atoms with Crippen LogP contribution in [0.3, 0.4) is 0 Å². The Bertz CT molecular complexity index is 1170. The second-order valence-electron chi connectivity index (χ2n) is 8.04. The zero-order valence-corrected chi connectivity index (χ0v) is 18.5. The van der Waals surface area contributed by atoms with Crippen LogP contribution in [-0.2, 0) is 11.2 Å². The summed E-state index contributed by atoms with van der Waals surface area (Å²) in [5.41, 5.74) is 2.28. The average molecular weight is 448 g/mol. The van der Waals surface area contributed by atoms with Crippen LogP contribution in [0.25, 0.3) is 0 Å². The zero-order chi connectivity index (χ0) is 23.4. The summed E-state index contributed by atoms with van der Waals surface area (Å²) in [4.78, 5) is 36.0. The van der Waals surface area contributed by atoms with Crippen molar-refractivity contribution in [1.82, 2.24) is 14.9 Å². The highest BCUT2D eigenvalue weighted by molar-refractivity contribution is 6.04. The van der Waals surface area contributed by atoms with E-state index in [9.17, 15) is 14.0 Å². The van der Waals surface area contributed by atoms with Crippen LogP contribution in [0.1, 0.15) is 39.8 Å². The number of hydrogen-bond acceptors (Lipinski definition) is 5. The van der Waals surface area contributed by atoms with Crippen LogP contribution < -0.4 is 10.1 Å². The number of carbonyl (C=O) groups excluding carboxylic acids is 2. The molecule has 1 N–H and O–H groups in total. The van der Waals surface area contributed by atoms with Gasteiger partial charge in [-0.15, -0.1) is 0 Å². The van der Waals surface area contributed by atoms with Gasteiger partial charge < -0.3 is 15.0 Å². The first-order valence-corrected chi connectivity index (χ1v) is 10.7. The molecule has 2 heterocycles. The van der Waals surface area contributed by atoms with Gasteiger partial charge in [-0.05, 0) is 55.3 Å². The maximum atomic E-state index is 13.4. The molecule has 1 aromatic heterocycles. The number of nitrogens with zero attached hydrogens (tertiary/aromatic N) is 3. The number of aryl methyl sites for hydroxylation is 1. The highest BCUT2D eigenvalue weighted by Gasteiger charge is 2.29. The molecule has 0 unspecified atom stereocenters. The van der Waals surface area contributed by atoms with Gasteiger partial charge in [0.25, 0.3) is 5.91 Å². The molecule has 2 amide bonds. The Labute approximate surface area is 191 Å². The smallest absolute Gasteiger partial charge is 0.259 e. The van der Waals surface area contributed by atoms with Crippen molar-refractivity contribution in [1.29, 1.82) is 0 Å². The lowest BCUT2D eigenvalue weighted by atomic mass is 10.1. The monoisotopic (exact) mass is 448 g/mol. The number of nitrogens with one attached hydrogen (secondary N) is 1. The summed E-state index contributed by atoms with van der Waals surface area (Å²) in [5.74, 6) is 0.641. The van der Waals surface area contributed by atoms with Gasteiger partial charge in [-0.2, -0.15) is 0 Å². The lowest BCUT2D eigenvalue weighted by molar-refractivity contribution is -0.129. The van der Waals surface area contributed by atoms with Gasteiger partial charge in [0.05, 0.1) is 24.8 Å². The van der Waals surface area contributed by atoms with Crippen molar-refractivity contribution >= 4 is 17.5 Å². The molecule has 0 aliphatic carbocycles. The Kier molecular flexibility index (Phi) is 6.63. The molecular formula is C25H25FN4O3. The van der Waals surface area contributed by atoms with E-state index in [0.29, 0.717) is 47.2 Å². The Hall–Kier alpha value is -3.81. The van der Waals surface area contributed by atoms with Crippen LogP contribution in [0.15, 0.2) is 54.7 Å². The third kappa shape index (κ3) is 5.34. The highest BCUT2D eigenvalue weighted by atomic mass is 19.1. The molecule has 7 nitrogen and oxygen atoms in total. The number of hydrogen-bond donors (Lipinski definition) is 1. The lowest BCUT2D eigenvalue weighted by Crippen LogP contribution is -2.30. The number of aromatic nitrogens is 2. The minimum absolute atomic E-state index is 0.00106. The maximum Gasteiger partial charge on any atom is 0.259 e. The van der Waals surface area contributed by atoms with E-state index >= 15 is 0 Å². The summed E-state index contributed by atoms with van der Waals surface area (Å²) in [5, 5.41) is 2.83. The van der Waals surface area contributed by atoms with E-state index < -0.39 is 0 Å². The number of anilines is 1. The molecule has 1 aliphatic heterocycles.